The molecular weight excluding hydrogens is 297 g/mol. The van der Waals surface area contributed by atoms with Crippen molar-refractivity contribution in [3.8, 4) is 0 Å². The molecule has 1 aromatic carbocycles. The Bertz CT molecular complexity index is 585. The molecule has 23 heavy (non-hydrogen) atoms. The highest BCUT2D eigenvalue weighted by Crippen LogP contribution is 2.20. The second kappa shape index (κ2) is 6.98. The van der Waals surface area contributed by atoms with Crippen LogP contribution in [0.25, 0.3) is 0 Å². The number of piperidine rings is 1. The maximum absolute atomic E-state index is 13.8. The van der Waals surface area contributed by atoms with Gasteiger partial charge in [0.1, 0.15) is 5.82 Å². The fourth-order valence-electron chi connectivity index (χ4n) is 3.20. The summed E-state index contributed by atoms with van der Waals surface area (Å²) in [7, 11) is 0. The van der Waals surface area contributed by atoms with Gasteiger partial charge in [-0.1, -0.05) is 12.1 Å². The smallest absolute Gasteiger partial charge is 0.242 e. The number of carbonyl (C=O) groups excluding carboxylic acids is 2. The van der Waals surface area contributed by atoms with Gasteiger partial charge >= 0.3 is 0 Å². The molecule has 1 aromatic rings. The summed E-state index contributed by atoms with van der Waals surface area (Å²) < 4.78 is 13.8. The predicted molar refractivity (Wildman–Crippen MR) is 85.6 cm³/mol. The molecule has 0 bridgehead atoms. The molecule has 0 saturated carbocycles. The number of anilines is 1. The number of para-hydroxylation sites is 1. The van der Waals surface area contributed by atoms with Crippen molar-refractivity contribution >= 4 is 17.5 Å². The lowest BCUT2D eigenvalue weighted by Crippen LogP contribution is -2.52. The third kappa shape index (κ3) is 3.63. The standard InChI is InChI=1S/C17H22FN3O2/c18-14-5-1-2-6-15(14)19-9-11-20(12-10-19)17(23)13-21-8-4-3-7-16(21)22/h1-2,5-6H,3-4,7-13H2. The number of amides is 2. The molecule has 2 heterocycles. The zero-order chi connectivity index (χ0) is 16.2. The zero-order valence-electron chi connectivity index (χ0n) is 13.2. The highest BCUT2D eigenvalue weighted by atomic mass is 19.1. The molecular formula is C17H22FN3O2. The van der Waals surface area contributed by atoms with Crippen molar-refractivity contribution in [1.82, 2.24) is 9.80 Å². The van der Waals surface area contributed by atoms with Crippen molar-refractivity contribution in [2.45, 2.75) is 19.3 Å². The molecule has 0 N–H and O–H groups in total. The van der Waals surface area contributed by atoms with Crippen LogP contribution in [0.4, 0.5) is 10.1 Å². The highest BCUT2D eigenvalue weighted by Gasteiger charge is 2.26. The van der Waals surface area contributed by atoms with Crippen molar-refractivity contribution in [3.05, 3.63) is 30.1 Å². The number of nitrogens with zero attached hydrogens (tertiary/aromatic N) is 3. The summed E-state index contributed by atoms with van der Waals surface area (Å²) >= 11 is 0. The van der Waals surface area contributed by atoms with Gasteiger partial charge in [0, 0.05) is 39.1 Å². The van der Waals surface area contributed by atoms with E-state index in [0.717, 1.165) is 12.8 Å². The van der Waals surface area contributed by atoms with E-state index in [1.165, 1.54) is 6.07 Å². The van der Waals surface area contributed by atoms with Crippen molar-refractivity contribution in [1.29, 1.82) is 0 Å². The molecule has 0 unspecified atom stereocenters. The number of piperazine rings is 1. The van der Waals surface area contributed by atoms with Crippen LogP contribution < -0.4 is 4.90 Å². The van der Waals surface area contributed by atoms with E-state index in [0.29, 0.717) is 44.8 Å². The van der Waals surface area contributed by atoms with Crippen molar-refractivity contribution < 1.29 is 14.0 Å². The normalized spacial score (nSPS) is 19.2. The lowest BCUT2D eigenvalue weighted by Gasteiger charge is -2.37. The van der Waals surface area contributed by atoms with Gasteiger partial charge in [-0.2, -0.15) is 0 Å². The second-order valence-electron chi connectivity index (χ2n) is 6.09. The summed E-state index contributed by atoms with van der Waals surface area (Å²) in [6.07, 6.45) is 2.44. The molecule has 0 aromatic heterocycles. The quantitative estimate of drug-likeness (QED) is 0.848. The highest BCUT2D eigenvalue weighted by molar-refractivity contribution is 5.85. The van der Waals surface area contributed by atoms with Crippen LogP contribution in [0, 0.1) is 5.82 Å². The molecule has 0 radical (unpaired) electrons. The molecule has 2 aliphatic rings. The number of likely N-dealkylation sites (tertiary alicyclic amines) is 1. The van der Waals surface area contributed by atoms with Gasteiger partial charge in [0.05, 0.1) is 12.2 Å². The molecule has 2 fully saturated rings. The number of carbonyl (C=O) groups is 2. The monoisotopic (exact) mass is 319 g/mol. The molecule has 2 aliphatic heterocycles. The molecule has 0 spiro atoms. The predicted octanol–water partition coefficient (Wildman–Crippen LogP) is 1.49. The van der Waals surface area contributed by atoms with Crippen LogP contribution in [0.2, 0.25) is 0 Å². The fraction of sp³-hybridized carbons (Fsp3) is 0.529. The Morgan fingerprint density at radius 3 is 2.48 bits per heavy atom. The zero-order valence-corrected chi connectivity index (χ0v) is 13.2. The van der Waals surface area contributed by atoms with Gasteiger partial charge in [-0.05, 0) is 25.0 Å². The van der Waals surface area contributed by atoms with E-state index in [2.05, 4.69) is 0 Å². The Kier molecular flexibility index (Phi) is 4.79. The Hall–Kier alpha value is -2.11. The summed E-state index contributed by atoms with van der Waals surface area (Å²) in [6.45, 7) is 3.21. The molecule has 124 valence electrons. The van der Waals surface area contributed by atoms with E-state index in [9.17, 15) is 14.0 Å². The van der Waals surface area contributed by atoms with E-state index < -0.39 is 0 Å². The minimum atomic E-state index is -0.230. The molecule has 2 saturated heterocycles. The first-order valence-corrected chi connectivity index (χ1v) is 8.20. The summed E-state index contributed by atoms with van der Waals surface area (Å²) in [5.74, 6) is -0.158. The minimum Gasteiger partial charge on any atom is -0.366 e. The van der Waals surface area contributed by atoms with E-state index in [4.69, 9.17) is 0 Å². The minimum absolute atomic E-state index is 0.00608. The average molecular weight is 319 g/mol. The van der Waals surface area contributed by atoms with E-state index in [-0.39, 0.29) is 24.2 Å². The summed E-state index contributed by atoms with van der Waals surface area (Å²) in [5, 5.41) is 0. The first kappa shape index (κ1) is 15.8. The Labute approximate surface area is 135 Å². The summed E-state index contributed by atoms with van der Waals surface area (Å²) in [5.41, 5.74) is 0.589. The van der Waals surface area contributed by atoms with Gasteiger partial charge < -0.3 is 14.7 Å². The van der Waals surface area contributed by atoms with Crippen LogP contribution in [-0.4, -0.2) is 60.9 Å². The van der Waals surface area contributed by atoms with Gasteiger partial charge in [0.15, 0.2) is 0 Å². The van der Waals surface area contributed by atoms with Crippen LogP contribution in [0.15, 0.2) is 24.3 Å². The Morgan fingerprint density at radius 1 is 1.04 bits per heavy atom. The second-order valence-corrected chi connectivity index (χ2v) is 6.09. The van der Waals surface area contributed by atoms with Crippen molar-refractivity contribution in [2.75, 3.05) is 44.2 Å². The van der Waals surface area contributed by atoms with Crippen molar-refractivity contribution in [2.24, 2.45) is 0 Å². The SMILES string of the molecule is O=C(CN1CCCCC1=O)N1CCN(c2ccccc2F)CC1. The molecule has 6 heteroatoms. The van der Waals surface area contributed by atoms with E-state index in [1.54, 1.807) is 21.9 Å². The maximum atomic E-state index is 13.8. The maximum Gasteiger partial charge on any atom is 0.242 e. The number of hydrogen-bond acceptors (Lipinski definition) is 3. The van der Waals surface area contributed by atoms with Crippen LogP contribution in [0.1, 0.15) is 19.3 Å². The third-order valence-electron chi connectivity index (χ3n) is 4.57. The average Bonchev–Trinajstić information content (AvgIpc) is 2.57. The third-order valence-corrected chi connectivity index (χ3v) is 4.57. The number of halogens is 1. The molecule has 0 atom stereocenters. The number of rotatable bonds is 3. The number of benzene rings is 1. The van der Waals surface area contributed by atoms with Gasteiger partial charge in [-0.3, -0.25) is 9.59 Å². The first-order chi connectivity index (χ1) is 11.1. The number of hydrogen-bond donors (Lipinski definition) is 0. The summed E-state index contributed by atoms with van der Waals surface area (Å²) in [4.78, 5) is 29.6. The lowest BCUT2D eigenvalue weighted by molar-refractivity contribution is -0.142. The van der Waals surface area contributed by atoms with Crippen LogP contribution in [0.3, 0.4) is 0 Å². The summed E-state index contributed by atoms with van der Waals surface area (Å²) in [6, 6.07) is 6.71. The Morgan fingerprint density at radius 2 is 1.78 bits per heavy atom. The van der Waals surface area contributed by atoms with Crippen LogP contribution in [0.5, 0.6) is 0 Å². The van der Waals surface area contributed by atoms with Crippen molar-refractivity contribution in [3.63, 3.8) is 0 Å². The van der Waals surface area contributed by atoms with Gasteiger partial charge in [0.2, 0.25) is 11.8 Å². The molecule has 0 aliphatic carbocycles. The molecule has 2 amide bonds. The Balaban J connectivity index is 1.53. The van der Waals surface area contributed by atoms with Gasteiger partial charge in [-0.15, -0.1) is 0 Å². The lowest BCUT2D eigenvalue weighted by atomic mass is 10.1. The fourth-order valence-corrected chi connectivity index (χ4v) is 3.20. The van der Waals surface area contributed by atoms with Crippen LogP contribution >= 0.6 is 0 Å². The first-order valence-electron chi connectivity index (χ1n) is 8.20. The molecule has 5 nitrogen and oxygen atoms in total. The van der Waals surface area contributed by atoms with E-state index >= 15 is 0 Å². The largest absolute Gasteiger partial charge is 0.366 e. The van der Waals surface area contributed by atoms with Gasteiger partial charge in [0.25, 0.3) is 0 Å². The van der Waals surface area contributed by atoms with E-state index in [1.807, 2.05) is 11.0 Å². The van der Waals surface area contributed by atoms with Gasteiger partial charge in [-0.25, -0.2) is 4.39 Å². The van der Waals surface area contributed by atoms with Crippen LogP contribution in [-0.2, 0) is 9.59 Å². The molecule has 3 rings (SSSR count). The topological polar surface area (TPSA) is 43.9 Å².